The summed E-state index contributed by atoms with van der Waals surface area (Å²) >= 11 is 11.8. The van der Waals surface area contributed by atoms with Crippen molar-refractivity contribution in [1.82, 2.24) is 10.8 Å². The van der Waals surface area contributed by atoms with Crippen molar-refractivity contribution in [3.63, 3.8) is 0 Å². The van der Waals surface area contributed by atoms with Crippen molar-refractivity contribution in [2.45, 2.75) is 37.9 Å². The standard InChI is InChI=1S/C14H18Cl2N2O3/c15-9-5-6-11(12(16)7-9)13(19)8-17-14(20)18-21-10-3-1-2-4-10/h5-7,10,13,19H,1-4,8H2,(H2,17,18,20). The number of benzene rings is 1. The SMILES string of the molecule is O=C(NCC(O)c1ccc(Cl)cc1Cl)NOC1CCCC1. The zero-order valence-corrected chi connectivity index (χ0v) is 13.0. The molecule has 1 unspecified atom stereocenters. The van der Waals surface area contributed by atoms with Gasteiger partial charge in [-0.3, -0.25) is 4.84 Å². The van der Waals surface area contributed by atoms with Gasteiger partial charge in [-0.05, 0) is 25.0 Å². The Morgan fingerprint density at radius 1 is 1.38 bits per heavy atom. The van der Waals surface area contributed by atoms with Gasteiger partial charge in [0.1, 0.15) is 0 Å². The summed E-state index contributed by atoms with van der Waals surface area (Å²) in [6.07, 6.45) is 3.36. The van der Waals surface area contributed by atoms with Gasteiger partial charge in [-0.25, -0.2) is 10.3 Å². The van der Waals surface area contributed by atoms with E-state index >= 15 is 0 Å². The van der Waals surface area contributed by atoms with E-state index in [0.717, 1.165) is 25.7 Å². The third kappa shape index (κ3) is 5.04. The third-order valence-electron chi connectivity index (χ3n) is 3.40. The van der Waals surface area contributed by atoms with Gasteiger partial charge in [-0.2, -0.15) is 0 Å². The topological polar surface area (TPSA) is 70.6 Å². The van der Waals surface area contributed by atoms with Gasteiger partial charge in [-0.1, -0.05) is 42.1 Å². The Balaban J connectivity index is 1.74. The molecule has 116 valence electrons. The molecule has 1 fully saturated rings. The van der Waals surface area contributed by atoms with Gasteiger partial charge in [0.2, 0.25) is 0 Å². The first-order valence-electron chi connectivity index (χ1n) is 6.89. The van der Waals surface area contributed by atoms with E-state index < -0.39 is 12.1 Å². The number of hydroxylamine groups is 1. The molecule has 0 spiro atoms. The summed E-state index contributed by atoms with van der Waals surface area (Å²) in [5.74, 6) is 0. The minimum Gasteiger partial charge on any atom is -0.387 e. The number of carbonyl (C=O) groups is 1. The van der Waals surface area contributed by atoms with E-state index in [4.69, 9.17) is 28.0 Å². The fraction of sp³-hybridized carbons (Fsp3) is 0.500. The number of rotatable bonds is 5. The monoisotopic (exact) mass is 332 g/mol. The molecule has 7 heteroatoms. The number of nitrogens with one attached hydrogen (secondary N) is 2. The first-order chi connectivity index (χ1) is 10.1. The van der Waals surface area contributed by atoms with Crippen LogP contribution >= 0.6 is 23.2 Å². The van der Waals surface area contributed by atoms with Crippen molar-refractivity contribution >= 4 is 29.2 Å². The van der Waals surface area contributed by atoms with Gasteiger partial charge >= 0.3 is 6.03 Å². The van der Waals surface area contributed by atoms with Crippen LogP contribution in [0.1, 0.15) is 37.4 Å². The molecule has 1 aliphatic rings. The highest BCUT2D eigenvalue weighted by Gasteiger charge is 2.17. The fourth-order valence-corrected chi connectivity index (χ4v) is 2.78. The van der Waals surface area contributed by atoms with Gasteiger partial charge in [0.15, 0.2) is 0 Å². The average molecular weight is 333 g/mol. The molecule has 1 aliphatic carbocycles. The van der Waals surface area contributed by atoms with E-state index in [1.165, 1.54) is 0 Å². The van der Waals surface area contributed by atoms with E-state index in [-0.39, 0.29) is 12.6 Å². The third-order valence-corrected chi connectivity index (χ3v) is 3.96. The quantitative estimate of drug-likeness (QED) is 0.725. The predicted octanol–water partition coefficient (Wildman–Crippen LogP) is 3.20. The van der Waals surface area contributed by atoms with E-state index in [1.54, 1.807) is 18.2 Å². The van der Waals surface area contributed by atoms with E-state index in [0.29, 0.717) is 15.6 Å². The van der Waals surface area contributed by atoms with Crippen LogP contribution in [0.4, 0.5) is 4.79 Å². The molecule has 1 aromatic carbocycles. The van der Waals surface area contributed by atoms with Crippen molar-refractivity contribution in [3.8, 4) is 0 Å². The van der Waals surface area contributed by atoms with Crippen LogP contribution in [-0.2, 0) is 4.84 Å². The van der Waals surface area contributed by atoms with Crippen molar-refractivity contribution in [1.29, 1.82) is 0 Å². The summed E-state index contributed by atoms with van der Waals surface area (Å²) in [5.41, 5.74) is 2.85. The molecule has 2 rings (SSSR count). The Labute approximate surface area is 133 Å². The van der Waals surface area contributed by atoms with Gasteiger partial charge < -0.3 is 10.4 Å². The molecule has 0 radical (unpaired) electrons. The Bertz CT molecular complexity index is 493. The second-order valence-corrected chi connectivity index (χ2v) is 5.86. The lowest BCUT2D eigenvalue weighted by atomic mass is 10.1. The number of aliphatic hydroxyl groups is 1. The number of hydrogen-bond acceptors (Lipinski definition) is 3. The van der Waals surface area contributed by atoms with Crippen LogP contribution in [0.5, 0.6) is 0 Å². The lowest BCUT2D eigenvalue weighted by Crippen LogP contribution is -2.39. The number of urea groups is 1. The number of carbonyl (C=O) groups excluding carboxylic acids is 1. The lowest BCUT2D eigenvalue weighted by molar-refractivity contribution is -0.000416. The molecular weight excluding hydrogens is 315 g/mol. The summed E-state index contributed by atoms with van der Waals surface area (Å²) in [7, 11) is 0. The highest BCUT2D eigenvalue weighted by molar-refractivity contribution is 6.35. The van der Waals surface area contributed by atoms with Gasteiger partial charge in [-0.15, -0.1) is 0 Å². The number of hydrogen-bond donors (Lipinski definition) is 3. The van der Waals surface area contributed by atoms with Crippen LogP contribution in [0.15, 0.2) is 18.2 Å². The summed E-state index contributed by atoms with van der Waals surface area (Å²) in [5, 5.41) is 13.4. The van der Waals surface area contributed by atoms with Gasteiger partial charge in [0, 0.05) is 22.2 Å². The van der Waals surface area contributed by atoms with Crippen molar-refractivity contribution in [2.75, 3.05) is 6.54 Å². The van der Waals surface area contributed by atoms with Crippen LogP contribution in [-0.4, -0.2) is 23.8 Å². The maximum absolute atomic E-state index is 11.6. The lowest BCUT2D eigenvalue weighted by Gasteiger charge is -2.15. The zero-order valence-electron chi connectivity index (χ0n) is 11.4. The predicted molar refractivity (Wildman–Crippen MR) is 81.3 cm³/mol. The van der Waals surface area contributed by atoms with Crippen LogP contribution in [0, 0.1) is 0 Å². The zero-order chi connectivity index (χ0) is 15.2. The molecule has 2 amide bonds. The summed E-state index contributed by atoms with van der Waals surface area (Å²) in [6, 6.07) is 4.33. The molecule has 1 aromatic rings. The Morgan fingerprint density at radius 2 is 2.10 bits per heavy atom. The van der Waals surface area contributed by atoms with Crippen LogP contribution in [0.25, 0.3) is 0 Å². The highest BCUT2D eigenvalue weighted by atomic mass is 35.5. The molecule has 1 saturated carbocycles. The maximum Gasteiger partial charge on any atom is 0.338 e. The number of aliphatic hydroxyl groups excluding tert-OH is 1. The van der Waals surface area contributed by atoms with Crippen LogP contribution in [0.3, 0.4) is 0 Å². The largest absolute Gasteiger partial charge is 0.387 e. The second kappa shape index (κ2) is 7.84. The first kappa shape index (κ1) is 16.4. The Morgan fingerprint density at radius 3 is 2.76 bits per heavy atom. The maximum atomic E-state index is 11.6. The Kier molecular flexibility index (Phi) is 6.11. The number of amides is 2. The van der Waals surface area contributed by atoms with Crippen molar-refractivity contribution in [3.05, 3.63) is 33.8 Å². The normalized spacial score (nSPS) is 16.7. The fourth-order valence-electron chi connectivity index (χ4n) is 2.25. The minimum absolute atomic E-state index is 0.0290. The van der Waals surface area contributed by atoms with Gasteiger partial charge in [0.25, 0.3) is 0 Å². The smallest absolute Gasteiger partial charge is 0.338 e. The summed E-state index contributed by atoms with van der Waals surface area (Å²) in [4.78, 5) is 16.8. The molecule has 21 heavy (non-hydrogen) atoms. The molecule has 0 aliphatic heterocycles. The van der Waals surface area contributed by atoms with Crippen molar-refractivity contribution in [2.24, 2.45) is 0 Å². The summed E-state index contributed by atoms with van der Waals surface area (Å²) in [6.45, 7) is 0.0290. The van der Waals surface area contributed by atoms with Crippen LogP contribution < -0.4 is 10.8 Å². The Hall–Kier alpha value is -1.01. The van der Waals surface area contributed by atoms with Gasteiger partial charge in [0.05, 0.1) is 12.2 Å². The van der Waals surface area contributed by atoms with E-state index in [2.05, 4.69) is 10.8 Å². The second-order valence-electron chi connectivity index (χ2n) is 5.02. The summed E-state index contributed by atoms with van der Waals surface area (Å²) < 4.78 is 0. The molecule has 5 nitrogen and oxygen atoms in total. The molecule has 3 N–H and O–H groups in total. The van der Waals surface area contributed by atoms with Crippen LogP contribution in [0.2, 0.25) is 10.0 Å². The van der Waals surface area contributed by atoms with Crippen molar-refractivity contribution < 1.29 is 14.7 Å². The molecule has 0 bridgehead atoms. The number of halogens is 2. The minimum atomic E-state index is -0.910. The highest BCUT2D eigenvalue weighted by Crippen LogP contribution is 2.25. The van der Waals surface area contributed by atoms with E-state index in [9.17, 15) is 9.90 Å². The molecule has 0 saturated heterocycles. The molecular formula is C14H18Cl2N2O3. The first-order valence-corrected chi connectivity index (χ1v) is 7.64. The molecule has 0 heterocycles. The average Bonchev–Trinajstić information content (AvgIpc) is 2.95. The van der Waals surface area contributed by atoms with E-state index in [1.807, 2.05) is 0 Å². The molecule has 1 atom stereocenters. The molecule has 0 aromatic heterocycles.